The lowest BCUT2D eigenvalue weighted by molar-refractivity contribution is -0.137. The molecule has 0 bridgehead atoms. The summed E-state index contributed by atoms with van der Waals surface area (Å²) < 4.78 is 0. The SMILES string of the molecule is CCN(CC)CC(C)NC(=O)N(CCC(=O)O)C(C)C. The van der Waals surface area contributed by atoms with Gasteiger partial charge in [0.05, 0.1) is 6.42 Å². The predicted octanol–water partition coefficient (Wildman–Crippen LogP) is 1.61. The number of carbonyl (C=O) groups excluding carboxylic acids is 1. The van der Waals surface area contributed by atoms with Crippen molar-refractivity contribution in [2.45, 2.75) is 53.1 Å². The van der Waals surface area contributed by atoms with Crippen molar-refractivity contribution in [1.82, 2.24) is 15.1 Å². The summed E-state index contributed by atoms with van der Waals surface area (Å²) in [5.41, 5.74) is 0. The number of hydrogen-bond donors (Lipinski definition) is 2. The Hall–Kier alpha value is -1.30. The van der Waals surface area contributed by atoms with Crippen molar-refractivity contribution < 1.29 is 14.7 Å². The molecule has 0 fully saturated rings. The fraction of sp³-hybridized carbons (Fsp3) is 0.857. The van der Waals surface area contributed by atoms with E-state index in [9.17, 15) is 9.59 Å². The molecule has 0 aromatic heterocycles. The minimum atomic E-state index is -0.889. The summed E-state index contributed by atoms with van der Waals surface area (Å²) in [6.45, 7) is 12.8. The van der Waals surface area contributed by atoms with Gasteiger partial charge in [-0.1, -0.05) is 13.8 Å². The van der Waals surface area contributed by atoms with Crippen molar-refractivity contribution >= 4 is 12.0 Å². The van der Waals surface area contributed by atoms with Gasteiger partial charge in [-0.3, -0.25) is 4.79 Å². The fourth-order valence-corrected chi connectivity index (χ4v) is 2.02. The number of aliphatic carboxylic acids is 1. The minimum Gasteiger partial charge on any atom is -0.481 e. The van der Waals surface area contributed by atoms with E-state index >= 15 is 0 Å². The van der Waals surface area contributed by atoms with Gasteiger partial charge in [-0.2, -0.15) is 0 Å². The number of carbonyl (C=O) groups is 2. The molecule has 1 unspecified atom stereocenters. The second-order valence-electron chi connectivity index (χ2n) is 5.27. The molecule has 0 saturated carbocycles. The Bertz CT molecular complexity index is 304. The summed E-state index contributed by atoms with van der Waals surface area (Å²) in [6, 6.07) is -0.176. The Balaban J connectivity index is 4.40. The Labute approximate surface area is 122 Å². The average molecular weight is 287 g/mol. The Morgan fingerprint density at radius 2 is 1.70 bits per heavy atom. The number of hydrogen-bond acceptors (Lipinski definition) is 3. The van der Waals surface area contributed by atoms with Gasteiger partial charge in [-0.25, -0.2) is 4.79 Å². The van der Waals surface area contributed by atoms with Crippen molar-refractivity contribution in [3.63, 3.8) is 0 Å². The fourth-order valence-electron chi connectivity index (χ4n) is 2.02. The van der Waals surface area contributed by atoms with Crippen LogP contribution in [0, 0.1) is 0 Å². The van der Waals surface area contributed by atoms with E-state index < -0.39 is 5.97 Å². The van der Waals surface area contributed by atoms with E-state index in [2.05, 4.69) is 24.1 Å². The number of carboxylic acids is 1. The number of amides is 2. The predicted molar refractivity (Wildman–Crippen MR) is 79.9 cm³/mol. The molecule has 0 spiro atoms. The molecule has 0 aliphatic carbocycles. The Morgan fingerprint density at radius 1 is 1.15 bits per heavy atom. The van der Waals surface area contributed by atoms with E-state index in [0.29, 0.717) is 0 Å². The van der Waals surface area contributed by atoms with Gasteiger partial charge in [0.15, 0.2) is 0 Å². The maximum absolute atomic E-state index is 12.2. The molecule has 118 valence electrons. The molecule has 0 saturated heterocycles. The van der Waals surface area contributed by atoms with Gasteiger partial charge >= 0.3 is 12.0 Å². The highest BCUT2D eigenvalue weighted by molar-refractivity contribution is 5.75. The van der Waals surface area contributed by atoms with Crippen molar-refractivity contribution in [3.8, 4) is 0 Å². The van der Waals surface area contributed by atoms with Crippen molar-refractivity contribution in [2.75, 3.05) is 26.2 Å². The van der Waals surface area contributed by atoms with Gasteiger partial charge in [0.2, 0.25) is 0 Å². The molecule has 2 amide bonds. The molecule has 1 atom stereocenters. The first-order valence-corrected chi connectivity index (χ1v) is 7.33. The molecule has 0 radical (unpaired) electrons. The molecule has 6 nitrogen and oxygen atoms in total. The van der Waals surface area contributed by atoms with Crippen LogP contribution in [0.5, 0.6) is 0 Å². The topological polar surface area (TPSA) is 72.9 Å². The van der Waals surface area contributed by atoms with E-state index in [1.165, 1.54) is 0 Å². The number of carboxylic acid groups (broad SMARTS) is 1. The third-order valence-electron chi connectivity index (χ3n) is 3.25. The van der Waals surface area contributed by atoms with E-state index in [-0.39, 0.29) is 31.1 Å². The summed E-state index contributed by atoms with van der Waals surface area (Å²) in [7, 11) is 0. The number of nitrogens with zero attached hydrogens (tertiary/aromatic N) is 2. The molecule has 20 heavy (non-hydrogen) atoms. The maximum atomic E-state index is 12.2. The lowest BCUT2D eigenvalue weighted by Gasteiger charge is -2.30. The van der Waals surface area contributed by atoms with Crippen LogP contribution in [0.4, 0.5) is 4.79 Å². The van der Waals surface area contributed by atoms with Crippen LogP contribution in [0.25, 0.3) is 0 Å². The van der Waals surface area contributed by atoms with Crippen molar-refractivity contribution in [2.24, 2.45) is 0 Å². The van der Waals surface area contributed by atoms with Crippen molar-refractivity contribution in [1.29, 1.82) is 0 Å². The molecule has 0 aliphatic rings. The lowest BCUT2D eigenvalue weighted by Crippen LogP contribution is -2.50. The van der Waals surface area contributed by atoms with Gasteiger partial charge < -0.3 is 20.2 Å². The van der Waals surface area contributed by atoms with Crippen molar-refractivity contribution in [3.05, 3.63) is 0 Å². The van der Waals surface area contributed by atoms with E-state index in [1.54, 1.807) is 4.90 Å². The lowest BCUT2D eigenvalue weighted by atomic mass is 10.2. The van der Waals surface area contributed by atoms with Crippen LogP contribution in [0.2, 0.25) is 0 Å². The van der Waals surface area contributed by atoms with Gasteiger partial charge in [0, 0.05) is 25.2 Å². The molecule has 0 aromatic rings. The first-order valence-electron chi connectivity index (χ1n) is 7.33. The molecule has 2 N–H and O–H groups in total. The first-order chi connectivity index (χ1) is 9.31. The van der Waals surface area contributed by atoms with Crippen LogP contribution < -0.4 is 5.32 Å². The van der Waals surface area contributed by atoms with Crippen LogP contribution in [0.1, 0.15) is 41.0 Å². The van der Waals surface area contributed by atoms with Gasteiger partial charge in [-0.15, -0.1) is 0 Å². The second-order valence-corrected chi connectivity index (χ2v) is 5.27. The zero-order valence-electron chi connectivity index (χ0n) is 13.3. The highest BCUT2D eigenvalue weighted by Gasteiger charge is 2.20. The zero-order chi connectivity index (χ0) is 15.7. The maximum Gasteiger partial charge on any atom is 0.317 e. The van der Waals surface area contributed by atoms with Gasteiger partial charge in [-0.05, 0) is 33.9 Å². The summed E-state index contributed by atoms with van der Waals surface area (Å²) in [4.78, 5) is 26.6. The monoisotopic (exact) mass is 287 g/mol. The van der Waals surface area contributed by atoms with Crippen LogP contribution in [0.15, 0.2) is 0 Å². The summed E-state index contributed by atoms with van der Waals surface area (Å²) in [6.07, 6.45) is -0.0317. The Kier molecular flexibility index (Phi) is 8.96. The summed E-state index contributed by atoms with van der Waals surface area (Å²) >= 11 is 0. The second kappa shape index (κ2) is 9.58. The largest absolute Gasteiger partial charge is 0.481 e. The third-order valence-corrected chi connectivity index (χ3v) is 3.25. The minimum absolute atomic E-state index is 0.0185. The van der Waals surface area contributed by atoms with Gasteiger partial charge in [0.25, 0.3) is 0 Å². The van der Waals surface area contributed by atoms with Gasteiger partial charge in [0.1, 0.15) is 0 Å². The first kappa shape index (κ1) is 18.7. The average Bonchev–Trinajstić information content (AvgIpc) is 2.35. The number of rotatable bonds is 9. The van der Waals surface area contributed by atoms with E-state index in [1.807, 2.05) is 20.8 Å². The smallest absolute Gasteiger partial charge is 0.317 e. The molecule has 0 heterocycles. The molecular formula is C14H29N3O3. The van der Waals surface area contributed by atoms with Crippen LogP contribution in [-0.4, -0.2) is 65.2 Å². The van der Waals surface area contributed by atoms with Crippen LogP contribution in [-0.2, 0) is 4.79 Å². The number of nitrogens with one attached hydrogen (secondary N) is 1. The summed E-state index contributed by atoms with van der Waals surface area (Å²) in [5.74, 6) is -0.889. The van der Waals surface area contributed by atoms with Crippen LogP contribution in [0.3, 0.4) is 0 Å². The third kappa shape index (κ3) is 7.33. The molecule has 0 aromatic carbocycles. The van der Waals surface area contributed by atoms with E-state index in [4.69, 9.17) is 5.11 Å². The molecule has 0 rings (SSSR count). The standard InChI is InChI=1S/C14H29N3O3/c1-6-16(7-2)10-12(5)15-14(20)17(11(3)4)9-8-13(18)19/h11-12H,6-10H2,1-5H3,(H,15,20)(H,18,19). The number of urea groups is 1. The molecular weight excluding hydrogens is 258 g/mol. The normalized spacial score (nSPS) is 12.6. The van der Waals surface area contributed by atoms with E-state index in [0.717, 1.165) is 19.6 Å². The van der Waals surface area contributed by atoms with Crippen LogP contribution >= 0.6 is 0 Å². The molecule has 6 heteroatoms. The number of likely N-dealkylation sites (N-methyl/N-ethyl adjacent to an activating group) is 1. The molecule has 0 aliphatic heterocycles. The highest BCUT2D eigenvalue weighted by Crippen LogP contribution is 2.02. The quantitative estimate of drug-likeness (QED) is 0.676. The Morgan fingerprint density at radius 3 is 2.10 bits per heavy atom. The highest BCUT2D eigenvalue weighted by atomic mass is 16.4. The zero-order valence-corrected chi connectivity index (χ0v) is 13.3. The summed E-state index contributed by atoms with van der Waals surface area (Å²) in [5, 5.41) is 11.7.